The highest BCUT2D eigenvalue weighted by atomic mass is 16.2. The maximum absolute atomic E-state index is 12.5. The molecule has 0 aliphatic carbocycles. The highest BCUT2D eigenvalue weighted by molar-refractivity contribution is 5.92. The van der Waals surface area contributed by atoms with E-state index in [9.17, 15) is 4.79 Å². The quantitative estimate of drug-likeness (QED) is 0.778. The Labute approximate surface area is 146 Å². The number of aromatic nitrogens is 2. The molecule has 7 nitrogen and oxygen atoms in total. The van der Waals surface area contributed by atoms with Gasteiger partial charge in [0.2, 0.25) is 0 Å². The van der Waals surface area contributed by atoms with Gasteiger partial charge in [-0.25, -0.2) is 9.78 Å². The lowest BCUT2D eigenvalue weighted by Gasteiger charge is -2.52. The fourth-order valence-corrected chi connectivity index (χ4v) is 3.61. The van der Waals surface area contributed by atoms with Crippen LogP contribution in [0.3, 0.4) is 0 Å². The van der Waals surface area contributed by atoms with Gasteiger partial charge in [0.05, 0.1) is 11.4 Å². The number of amides is 2. The number of carbonyl (C=O) groups excluding carboxylic acids is 1. The minimum atomic E-state index is -0.133. The van der Waals surface area contributed by atoms with Crippen LogP contribution in [0.25, 0.3) is 11.3 Å². The van der Waals surface area contributed by atoms with E-state index in [1.807, 2.05) is 23.1 Å². The van der Waals surface area contributed by atoms with Crippen LogP contribution in [-0.2, 0) is 0 Å². The molecule has 25 heavy (non-hydrogen) atoms. The summed E-state index contributed by atoms with van der Waals surface area (Å²) in [5.74, 6) is 0.401. The predicted molar refractivity (Wildman–Crippen MR) is 97.0 cm³/mol. The van der Waals surface area contributed by atoms with Crippen molar-refractivity contribution in [2.24, 2.45) is 5.41 Å². The number of nitrogens with two attached hydrogens (primary N) is 1. The van der Waals surface area contributed by atoms with E-state index < -0.39 is 0 Å². The van der Waals surface area contributed by atoms with Crippen LogP contribution in [0.15, 0.2) is 36.7 Å². The number of hydrogen-bond donors (Lipinski definition) is 3. The molecule has 130 valence electrons. The molecular formula is C18H22N6O. The van der Waals surface area contributed by atoms with Gasteiger partial charge in [0.15, 0.2) is 5.82 Å². The van der Waals surface area contributed by atoms with E-state index in [0.717, 1.165) is 50.3 Å². The number of hydrogen-bond acceptors (Lipinski definition) is 5. The highest BCUT2D eigenvalue weighted by Gasteiger charge is 2.45. The maximum atomic E-state index is 12.5. The van der Waals surface area contributed by atoms with Gasteiger partial charge in [-0.05, 0) is 50.2 Å². The number of nitrogens with zero attached hydrogens (tertiary/aromatic N) is 3. The summed E-state index contributed by atoms with van der Waals surface area (Å²) in [6.45, 7) is 3.69. The molecular weight excluding hydrogens is 316 g/mol. The number of likely N-dealkylation sites (tertiary alicyclic amines) is 1. The number of piperidine rings is 1. The minimum Gasteiger partial charge on any atom is -0.396 e. The van der Waals surface area contributed by atoms with Crippen molar-refractivity contribution in [1.29, 1.82) is 0 Å². The Balaban J connectivity index is 1.45. The summed E-state index contributed by atoms with van der Waals surface area (Å²) >= 11 is 0. The predicted octanol–water partition coefficient (Wildman–Crippen LogP) is 1.94. The van der Waals surface area contributed by atoms with Gasteiger partial charge in [-0.15, -0.1) is 0 Å². The molecule has 1 spiro atoms. The molecule has 4 heterocycles. The largest absolute Gasteiger partial charge is 0.396 e. The van der Waals surface area contributed by atoms with Crippen LogP contribution in [0, 0.1) is 5.41 Å². The topological polar surface area (TPSA) is 96.2 Å². The maximum Gasteiger partial charge on any atom is 0.323 e. The average Bonchev–Trinajstić information content (AvgIpc) is 2.63. The van der Waals surface area contributed by atoms with Crippen molar-refractivity contribution in [3.8, 4) is 11.3 Å². The molecule has 7 heteroatoms. The summed E-state index contributed by atoms with van der Waals surface area (Å²) < 4.78 is 0. The van der Waals surface area contributed by atoms with Crippen LogP contribution in [0.5, 0.6) is 0 Å². The normalized spacial score (nSPS) is 18.6. The van der Waals surface area contributed by atoms with Gasteiger partial charge in [0.25, 0.3) is 0 Å². The summed E-state index contributed by atoms with van der Waals surface area (Å²) in [5.41, 5.74) is 8.37. The number of anilines is 2. The molecule has 0 unspecified atom stereocenters. The van der Waals surface area contributed by atoms with Crippen LogP contribution in [0.1, 0.15) is 12.8 Å². The van der Waals surface area contributed by atoms with Crippen molar-refractivity contribution in [2.45, 2.75) is 12.8 Å². The summed E-state index contributed by atoms with van der Waals surface area (Å²) in [4.78, 5) is 22.9. The lowest BCUT2D eigenvalue weighted by atomic mass is 9.72. The zero-order chi connectivity index (χ0) is 17.3. The molecule has 2 saturated heterocycles. The van der Waals surface area contributed by atoms with E-state index in [2.05, 4.69) is 20.6 Å². The van der Waals surface area contributed by atoms with Gasteiger partial charge < -0.3 is 16.0 Å². The smallest absolute Gasteiger partial charge is 0.323 e. The van der Waals surface area contributed by atoms with E-state index >= 15 is 0 Å². The van der Waals surface area contributed by atoms with Gasteiger partial charge in [0, 0.05) is 36.5 Å². The van der Waals surface area contributed by atoms with Crippen molar-refractivity contribution in [3.63, 3.8) is 0 Å². The Hall–Kier alpha value is -2.67. The second-order valence-corrected chi connectivity index (χ2v) is 6.91. The van der Waals surface area contributed by atoms with E-state index in [1.165, 1.54) is 0 Å². The Morgan fingerprint density at radius 1 is 1.24 bits per heavy atom. The molecule has 2 amide bonds. The second kappa shape index (κ2) is 6.33. The van der Waals surface area contributed by atoms with Crippen molar-refractivity contribution in [2.75, 3.05) is 37.2 Å². The van der Waals surface area contributed by atoms with Gasteiger partial charge in [-0.3, -0.25) is 10.3 Å². The molecule has 0 saturated carbocycles. The zero-order valence-electron chi connectivity index (χ0n) is 14.0. The summed E-state index contributed by atoms with van der Waals surface area (Å²) in [6.07, 6.45) is 5.71. The molecule has 4 N–H and O–H groups in total. The third-order valence-electron chi connectivity index (χ3n) is 5.11. The fraction of sp³-hybridized carbons (Fsp3) is 0.389. The summed E-state index contributed by atoms with van der Waals surface area (Å²) in [7, 11) is 0. The van der Waals surface area contributed by atoms with E-state index in [-0.39, 0.29) is 6.03 Å². The number of rotatable bonds is 2. The molecule has 2 aromatic rings. The number of urea groups is 1. The average molecular weight is 338 g/mol. The molecule has 2 aliphatic heterocycles. The minimum absolute atomic E-state index is 0.133. The molecule has 2 aromatic heterocycles. The lowest BCUT2D eigenvalue weighted by Crippen LogP contribution is -2.62. The first-order chi connectivity index (χ1) is 12.2. The Bertz CT molecular complexity index is 764. The van der Waals surface area contributed by atoms with Crippen molar-refractivity contribution in [1.82, 2.24) is 20.2 Å². The van der Waals surface area contributed by atoms with Crippen LogP contribution < -0.4 is 16.4 Å². The molecule has 0 atom stereocenters. The van der Waals surface area contributed by atoms with Gasteiger partial charge >= 0.3 is 6.03 Å². The van der Waals surface area contributed by atoms with E-state index in [1.54, 1.807) is 18.5 Å². The van der Waals surface area contributed by atoms with Gasteiger partial charge in [0.1, 0.15) is 0 Å². The number of nitrogens with one attached hydrogen (secondary N) is 2. The Kier molecular flexibility index (Phi) is 4.01. The highest BCUT2D eigenvalue weighted by Crippen LogP contribution is 2.38. The Morgan fingerprint density at radius 3 is 2.76 bits per heavy atom. The zero-order valence-corrected chi connectivity index (χ0v) is 14.0. The molecule has 0 radical (unpaired) electrons. The summed E-state index contributed by atoms with van der Waals surface area (Å²) in [5, 5.41) is 6.23. The molecule has 2 fully saturated rings. The fourth-order valence-electron chi connectivity index (χ4n) is 3.61. The lowest BCUT2D eigenvalue weighted by molar-refractivity contribution is 0.0108. The monoisotopic (exact) mass is 338 g/mol. The molecule has 0 bridgehead atoms. The molecule has 4 rings (SSSR count). The standard InChI is InChI=1S/C18H22N6O/c19-14-3-4-15(13-2-1-7-21-10-13)22-16(14)23-17(25)24-11-18(12-24)5-8-20-9-6-18/h1-4,7,10,20H,5-6,8-9,11-12,19H2,(H,22,23,25). The van der Waals surface area contributed by atoms with Crippen molar-refractivity contribution < 1.29 is 4.79 Å². The van der Waals surface area contributed by atoms with Gasteiger partial charge in [-0.2, -0.15) is 0 Å². The van der Waals surface area contributed by atoms with Crippen LogP contribution >= 0.6 is 0 Å². The number of carbonyl (C=O) groups is 1. The number of pyridine rings is 2. The first-order valence-electron chi connectivity index (χ1n) is 8.59. The SMILES string of the molecule is Nc1ccc(-c2cccnc2)nc1NC(=O)N1CC2(CCNCC2)C1. The molecule has 2 aliphatic rings. The summed E-state index contributed by atoms with van der Waals surface area (Å²) in [6, 6.07) is 7.23. The second-order valence-electron chi connectivity index (χ2n) is 6.91. The Morgan fingerprint density at radius 2 is 2.04 bits per heavy atom. The first kappa shape index (κ1) is 15.8. The van der Waals surface area contributed by atoms with Crippen LogP contribution in [-0.4, -0.2) is 47.1 Å². The third-order valence-corrected chi connectivity index (χ3v) is 5.11. The van der Waals surface area contributed by atoms with Crippen molar-refractivity contribution >= 4 is 17.5 Å². The first-order valence-corrected chi connectivity index (χ1v) is 8.59. The molecule has 0 aromatic carbocycles. The van der Waals surface area contributed by atoms with Crippen molar-refractivity contribution in [3.05, 3.63) is 36.7 Å². The van der Waals surface area contributed by atoms with Gasteiger partial charge in [-0.1, -0.05) is 0 Å². The van der Waals surface area contributed by atoms with E-state index in [0.29, 0.717) is 16.9 Å². The van der Waals surface area contributed by atoms with Crippen LogP contribution in [0.4, 0.5) is 16.3 Å². The number of nitrogen functional groups attached to an aromatic ring is 1. The van der Waals surface area contributed by atoms with E-state index in [4.69, 9.17) is 5.73 Å². The van der Waals surface area contributed by atoms with Crippen LogP contribution in [0.2, 0.25) is 0 Å². The third kappa shape index (κ3) is 3.15.